The van der Waals surface area contributed by atoms with Crippen molar-refractivity contribution >= 4 is 0 Å². The average molecular weight is 347 g/mol. The summed E-state index contributed by atoms with van der Waals surface area (Å²) in [5.74, 6) is -1.57. The standard InChI is InChI=1S/C22H25N3O/c1-15-9-3-5-11-17(15)21(26,18-12-6-4-10-16(18)2)19-13-7-8-14-20(19)22(23,24)25/h3-14,26H,23-25H2,1-2H3. The largest absolute Gasteiger partial charge is 0.376 e. The fourth-order valence-electron chi connectivity index (χ4n) is 3.57. The molecule has 3 aromatic carbocycles. The van der Waals surface area contributed by atoms with Gasteiger partial charge in [0.2, 0.25) is 0 Å². The summed E-state index contributed by atoms with van der Waals surface area (Å²) >= 11 is 0. The minimum absolute atomic E-state index is 0.494. The summed E-state index contributed by atoms with van der Waals surface area (Å²) < 4.78 is 0. The van der Waals surface area contributed by atoms with Crippen molar-refractivity contribution in [3.05, 3.63) is 106 Å². The predicted molar refractivity (Wildman–Crippen MR) is 105 cm³/mol. The molecule has 0 fully saturated rings. The van der Waals surface area contributed by atoms with Gasteiger partial charge in [0.05, 0.1) is 0 Å². The molecule has 134 valence electrons. The van der Waals surface area contributed by atoms with Gasteiger partial charge >= 0.3 is 0 Å². The Bertz CT molecular complexity index is 883. The second-order valence-electron chi connectivity index (χ2n) is 6.82. The van der Waals surface area contributed by atoms with Gasteiger partial charge in [-0.2, -0.15) is 0 Å². The number of benzene rings is 3. The van der Waals surface area contributed by atoms with Crippen LogP contribution in [-0.4, -0.2) is 5.11 Å². The number of hydrogen-bond donors (Lipinski definition) is 4. The maximum atomic E-state index is 12.2. The van der Waals surface area contributed by atoms with Crippen LogP contribution in [0.5, 0.6) is 0 Å². The Balaban J connectivity index is 2.42. The first-order valence-corrected chi connectivity index (χ1v) is 8.57. The maximum Gasteiger partial charge on any atom is 0.143 e. The fraction of sp³-hybridized carbons (Fsp3) is 0.182. The lowest BCUT2D eigenvalue weighted by molar-refractivity contribution is 0.121. The summed E-state index contributed by atoms with van der Waals surface area (Å²) in [6.07, 6.45) is 0. The van der Waals surface area contributed by atoms with Crippen molar-refractivity contribution in [1.82, 2.24) is 0 Å². The highest BCUT2D eigenvalue weighted by molar-refractivity contribution is 5.55. The van der Waals surface area contributed by atoms with Gasteiger partial charge < -0.3 is 5.11 Å². The molecule has 0 bridgehead atoms. The summed E-state index contributed by atoms with van der Waals surface area (Å²) in [7, 11) is 0. The van der Waals surface area contributed by atoms with Crippen LogP contribution in [0.2, 0.25) is 0 Å². The van der Waals surface area contributed by atoms with Crippen molar-refractivity contribution in [2.24, 2.45) is 17.2 Å². The lowest BCUT2D eigenvalue weighted by atomic mass is 9.74. The summed E-state index contributed by atoms with van der Waals surface area (Å²) in [5.41, 5.74) is 21.2. The Labute approximate surface area is 154 Å². The molecule has 0 amide bonds. The zero-order chi connectivity index (χ0) is 18.9. The Morgan fingerprint density at radius 1 is 0.577 bits per heavy atom. The minimum atomic E-state index is -1.57. The molecule has 4 heteroatoms. The number of nitrogens with two attached hydrogens (primary N) is 3. The third-order valence-corrected chi connectivity index (χ3v) is 4.85. The van der Waals surface area contributed by atoms with E-state index >= 15 is 0 Å². The number of aryl methyl sites for hydroxylation is 2. The van der Waals surface area contributed by atoms with Crippen molar-refractivity contribution in [1.29, 1.82) is 0 Å². The Morgan fingerprint density at radius 2 is 0.923 bits per heavy atom. The molecule has 26 heavy (non-hydrogen) atoms. The second-order valence-corrected chi connectivity index (χ2v) is 6.82. The summed E-state index contributed by atoms with van der Waals surface area (Å²) in [5, 5.41) is 12.2. The molecule has 3 aromatic rings. The maximum absolute atomic E-state index is 12.2. The SMILES string of the molecule is Cc1ccccc1C(O)(c1ccccc1C)c1ccccc1C(N)(N)N. The first-order chi connectivity index (χ1) is 12.3. The predicted octanol–water partition coefficient (Wildman–Crippen LogP) is 2.57. The van der Waals surface area contributed by atoms with Crippen LogP contribution in [0.3, 0.4) is 0 Å². The lowest BCUT2D eigenvalue weighted by Gasteiger charge is -2.36. The number of rotatable bonds is 4. The molecule has 0 saturated heterocycles. The third-order valence-electron chi connectivity index (χ3n) is 4.85. The lowest BCUT2D eigenvalue weighted by Crippen LogP contribution is -2.56. The van der Waals surface area contributed by atoms with Crippen LogP contribution in [-0.2, 0) is 11.4 Å². The molecule has 4 nitrogen and oxygen atoms in total. The van der Waals surface area contributed by atoms with Gasteiger partial charge in [-0.3, -0.25) is 17.2 Å². The molecule has 0 aliphatic carbocycles. The van der Waals surface area contributed by atoms with Crippen molar-refractivity contribution in [2.75, 3.05) is 0 Å². The van der Waals surface area contributed by atoms with Crippen LogP contribution in [0, 0.1) is 13.8 Å². The molecule has 7 N–H and O–H groups in total. The van der Waals surface area contributed by atoms with Crippen LogP contribution < -0.4 is 17.2 Å². The number of hydrogen-bond acceptors (Lipinski definition) is 4. The van der Waals surface area contributed by atoms with Crippen molar-refractivity contribution in [2.45, 2.75) is 25.2 Å². The highest BCUT2D eigenvalue weighted by Crippen LogP contribution is 2.41. The van der Waals surface area contributed by atoms with Gasteiger partial charge in [0.15, 0.2) is 0 Å². The van der Waals surface area contributed by atoms with Gasteiger partial charge in [0.25, 0.3) is 0 Å². The van der Waals surface area contributed by atoms with E-state index in [1.165, 1.54) is 0 Å². The monoisotopic (exact) mass is 347 g/mol. The molecule has 0 unspecified atom stereocenters. The van der Waals surface area contributed by atoms with Gasteiger partial charge in [-0.1, -0.05) is 72.8 Å². The average Bonchev–Trinajstić information content (AvgIpc) is 2.61. The Kier molecular flexibility index (Phi) is 4.69. The van der Waals surface area contributed by atoms with Crippen LogP contribution in [0.25, 0.3) is 0 Å². The second kappa shape index (κ2) is 6.67. The van der Waals surface area contributed by atoms with Crippen LogP contribution in [0.4, 0.5) is 0 Å². The Morgan fingerprint density at radius 3 is 1.31 bits per heavy atom. The quantitative estimate of drug-likeness (QED) is 0.431. The molecule has 0 heterocycles. The molecule has 0 aromatic heterocycles. The molecule has 0 atom stereocenters. The minimum Gasteiger partial charge on any atom is -0.376 e. The van der Waals surface area contributed by atoms with Gasteiger partial charge in [0, 0.05) is 11.1 Å². The summed E-state index contributed by atoms with van der Waals surface area (Å²) in [6, 6.07) is 22.8. The van der Waals surface area contributed by atoms with Crippen LogP contribution in [0.15, 0.2) is 72.8 Å². The fourth-order valence-corrected chi connectivity index (χ4v) is 3.57. The molecular weight excluding hydrogens is 322 g/mol. The van der Waals surface area contributed by atoms with E-state index in [0.29, 0.717) is 11.1 Å². The zero-order valence-corrected chi connectivity index (χ0v) is 15.1. The highest BCUT2D eigenvalue weighted by atomic mass is 16.3. The zero-order valence-electron chi connectivity index (χ0n) is 15.1. The van der Waals surface area contributed by atoms with E-state index in [1.807, 2.05) is 80.6 Å². The van der Waals surface area contributed by atoms with E-state index in [9.17, 15) is 5.11 Å². The molecule has 0 saturated carbocycles. The first-order valence-electron chi connectivity index (χ1n) is 8.57. The van der Waals surface area contributed by atoms with Crippen LogP contribution >= 0.6 is 0 Å². The van der Waals surface area contributed by atoms with Gasteiger partial charge in [-0.25, -0.2) is 0 Å². The molecular formula is C22H25N3O. The van der Waals surface area contributed by atoms with E-state index in [-0.39, 0.29) is 0 Å². The van der Waals surface area contributed by atoms with E-state index in [4.69, 9.17) is 17.2 Å². The van der Waals surface area contributed by atoms with E-state index < -0.39 is 11.4 Å². The van der Waals surface area contributed by atoms with E-state index in [0.717, 1.165) is 22.3 Å². The molecule has 0 aliphatic heterocycles. The van der Waals surface area contributed by atoms with Gasteiger partial charge in [-0.15, -0.1) is 0 Å². The van der Waals surface area contributed by atoms with Gasteiger partial charge in [-0.05, 0) is 36.1 Å². The highest BCUT2D eigenvalue weighted by Gasteiger charge is 2.39. The summed E-state index contributed by atoms with van der Waals surface area (Å²) in [4.78, 5) is 0. The van der Waals surface area contributed by atoms with E-state index in [1.54, 1.807) is 6.07 Å². The molecule has 0 radical (unpaired) electrons. The third kappa shape index (κ3) is 3.04. The summed E-state index contributed by atoms with van der Waals surface area (Å²) in [6.45, 7) is 3.95. The normalized spacial score (nSPS) is 12.2. The topological polar surface area (TPSA) is 98.3 Å². The molecule has 0 aliphatic rings. The molecule has 3 rings (SSSR count). The number of aliphatic hydroxyl groups is 1. The Hall–Kier alpha value is -2.50. The smallest absolute Gasteiger partial charge is 0.143 e. The van der Waals surface area contributed by atoms with Crippen molar-refractivity contribution < 1.29 is 5.11 Å². The van der Waals surface area contributed by atoms with Crippen molar-refractivity contribution in [3.8, 4) is 0 Å². The van der Waals surface area contributed by atoms with Gasteiger partial charge in [0.1, 0.15) is 11.4 Å². The molecule has 0 spiro atoms. The van der Waals surface area contributed by atoms with Crippen LogP contribution in [0.1, 0.15) is 33.4 Å². The first kappa shape index (κ1) is 18.3. The van der Waals surface area contributed by atoms with Crippen molar-refractivity contribution in [3.63, 3.8) is 0 Å². The van der Waals surface area contributed by atoms with E-state index in [2.05, 4.69) is 0 Å².